The summed E-state index contributed by atoms with van der Waals surface area (Å²) in [5.41, 5.74) is 8.65. The van der Waals surface area contributed by atoms with Gasteiger partial charge in [-0.15, -0.1) is 0 Å². The Morgan fingerprint density at radius 3 is 2.52 bits per heavy atom. The third-order valence-corrected chi connectivity index (χ3v) is 3.12. The van der Waals surface area contributed by atoms with Crippen molar-refractivity contribution in [2.45, 2.75) is 13.8 Å². The second-order valence-corrected chi connectivity index (χ2v) is 5.07. The van der Waals surface area contributed by atoms with E-state index in [9.17, 15) is 4.79 Å². The summed E-state index contributed by atoms with van der Waals surface area (Å²) in [5.74, 6) is 0.644. The minimum atomic E-state index is -0.272. The Balaban J connectivity index is 2.05. The molecular formula is C16H15N3O2. The highest BCUT2D eigenvalue weighted by atomic mass is 16.5. The average Bonchev–Trinajstić information content (AvgIpc) is 2.38. The number of aryl methyl sites for hydroxylation is 2. The lowest BCUT2D eigenvalue weighted by Crippen LogP contribution is -2.09. The number of hydrogen-bond acceptors (Lipinski definition) is 4. The summed E-state index contributed by atoms with van der Waals surface area (Å²) >= 11 is 0. The lowest BCUT2D eigenvalue weighted by atomic mass is 10.1. The lowest BCUT2D eigenvalue weighted by molar-refractivity contribution is 0.442. The molecule has 1 heterocycles. The molecule has 2 aromatic carbocycles. The number of rotatable bonds is 2. The van der Waals surface area contributed by atoms with Crippen molar-refractivity contribution in [2.24, 2.45) is 0 Å². The molecule has 0 amide bonds. The van der Waals surface area contributed by atoms with Crippen LogP contribution in [-0.2, 0) is 0 Å². The first-order valence-electron chi connectivity index (χ1n) is 6.57. The van der Waals surface area contributed by atoms with Gasteiger partial charge in [0, 0.05) is 5.69 Å². The van der Waals surface area contributed by atoms with Crippen molar-refractivity contribution < 1.29 is 4.74 Å². The fraction of sp³-hybridized carbons (Fsp3) is 0.125. The van der Waals surface area contributed by atoms with Gasteiger partial charge in [-0.2, -0.15) is 4.98 Å². The van der Waals surface area contributed by atoms with Gasteiger partial charge in [0.2, 0.25) is 0 Å². The molecule has 0 spiro atoms. The van der Waals surface area contributed by atoms with E-state index in [1.54, 1.807) is 18.2 Å². The second kappa shape index (κ2) is 4.94. The van der Waals surface area contributed by atoms with Gasteiger partial charge in [-0.05, 0) is 55.3 Å². The highest BCUT2D eigenvalue weighted by Gasteiger charge is 2.06. The third kappa shape index (κ3) is 2.72. The van der Waals surface area contributed by atoms with E-state index >= 15 is 0 Å². The Morgan fingerprint density at radius 1 is 1.10 bits per heavy atom. The van der Waals surface area contributed by atoms with Crippen LogP contribution in [0.5, 0.6) is 11.8 Å². The van der Waals surface area contributed by atoms with Gasteiger partial charge in [0.05, 0.1) is 10.9 Å². The molecular weight excluding hydrogens is 266 g/mol. The number of fused-ring (bicyclic) bond motifs is 1. The standard InChI is InChI=1S/C16H15N3O2/c1-9-5-10(2)7-12(6-9)21-16-18-14-4-3-11(17)8-13(14)15(20)19-16/h3-8H,17H2,1-2H3,(H,18,19,20). The monoisotopic (exact) mass is 281 g/mol. The van der Waals surface area contributed by atoms with Crippen LogP contribution in [0, 0.1) is 13.8 Å². The fourth-order valence-corrected chi connectivity index (χ4v) is 2.29. The number of aromatic amines is 1. The molecule has 3 aromatic rings. The van der Waals surface area contributed by atoms with Crippen molar-refractivity contribution in [2.75, 3.05) is 5.73 Å². The zero-order chi connectivity index (χ0) is 15.0. The van der Waals surface area contributed by atoms with Gasteiger partial charge in [0.1, 0.15) is 5.75 Å². The third-order valence-electron chi connectivity index (χ3n) is 3.12. The number of ether oxygens (including phenoxy) is 1. The number of aromatic nitrogens is 2. The first-order valence-corrected chi connectivity index (χ1v) is 6.57. The van der Waals surface area contributed by atoms with E-state index in [1.807, 2.05) is 32.0 Å². The van der Waals surface area contributed by atoms with Gasteiger partial charge in [-0.1, -0.05) is 6.07 Å². The number of nitrogens with one attached hydrogen (secondary N) is 1. The van der Waals surface area contributed by atoms with E-state index in [0.717, 1.165) is 11.1 Å². The number of hydrogen-bond donors (Lipinski definition) is 2. The van der Waals surface area contributed by atoms with Crippen molar-refractivity contribution in [1.29, 1.82) is 0 Å². The van der Waals surface area contributed by atoms with E-state index in [0.29, 0.717) is 22.3 Å². The van der Waals surface area contributed by atoms with Gasteiger partial charge >= 0.3 is 6.01 Å². The van der Waals surface area contributed by atoms with Crippen molar-refractivity contribution in [3.8, 4) is 11.8 Å². The van der Waals surface area contributed by atoms with Crippen LogP contribution in [0.4, 0.5) is 5.69 Å². The summed E-state index contributed by atoms with van der Waals surface area (Å²) in [6.45, 7) is 3.97. The van der Waals surface area contributed by atoms with E-state index in [2.05, 4.69) is 9.97 Å². The van der Waals surface area contributed by atoms with Gasteiger partial charge in [0.25, 0.3) is 5.56 Å². The van der Waals surface area contributed by atoms with Crippen LogP contribution in [-0.4, -0.2) is 9.97 Å². The fourth-order valence-electron chi connectivity index (χ4n) is 2.29. The van der Waals surface area contributed by atoms with Crippen molar-refractivity contribution in [1.82, 2.24) is 9.97 Å². The molecule has 0 bridgehead atoms. The zero-order valence-corrected chi connectivity index (χ0v) is 11.8. The maximum Gasteiger partial charge on any atom is 0.302 e. The molecule has 3 rings (SSSR count). The molecule has 0 radical (unpaired) electrons. The molecule has 0 aliphatic carbocycles. The Kier molecular flexibility index (Phi) is 3.10. The van der Waals surface area contributed by atoms with Crippen molar-refractivity contribution in [3.05, 3.63) is 57.9 Å². The van der Waals surface area contributed by atoms with Crippen LogP contribution in [0.25, 0.3) is 10.9 Å². The summed E-state index contributed by atoms with van der Waals surface area (Å²) < 4.78 is 5.66. The predicted octanol–water partition coefficient (Wildman–Crippen LogP) is 2.91. The van der Waals surface area contributed by atoms with Crippen LogP contribution in [0.3, 0.4) is 0 Å². The number of H-pyrrole nitrogens is 1. The van der Waals surface area contributed by atoms with Gasteiger partial charge < -0.3 is 10.5 Å². The number of benzene rings is 2. The molecule has 5 heteroatoms. The van der Waals surface area contributed by atoms with Crippen molar-refractivity contribution >= 4 is 16.6 Å². The molecule has 0 saturated heterocycles. The Hall–Kier alpha value is -2.82. The molecule has 21 heavy (non-hydrogen) atoms. The summed E-state index contributed by atoms with van der Waals surface area (Å²) in [6, 6.07) is 11.0. The van der Waals surface area contributed by atoms with E-state index in [-0.39, 0.29) is 11.6 Å². The molecule has 5 nitrogen and oxygen atoms in total. The smallest absolute Gasteiger partial charge is 0.302 e. The summed E-state index contributed by atoms with van der Waals surface area (Å²) in [6.07, 6.45) is 0. The maximum atomic E-state index is 12.0. The van der Waals surface area contributed by atoms with E-state index < -0.39 is 0 Å². The number of nitrogens with zero attached hydrogens (tertiary/aromatic N) is 1. The minimum Gasteiger partial charge on any atom is -0.426 e. The number of anilines is 1. The van der Waals surface area contributed by atoms with Gasteiger partial charge in [-0.25, -0.2) is 0 Å². The summed E-state index contributed by atoms with van der Waals surface area (Å²) in [4.78, 5) is 19.0. The molecule has 0 atom stereocenters. The largest absolute Gasteiger partial charge is 0.426 e. The summed E-state index contributed by atoms with van der Waals surface area (Å²) in [5, 5.41) is 0.447. The van der Waals surface area contributed by atoms with Gasteiger partial charge in [-0.3, -0.25) is 9.78 Å². The normalized spacial score (nSPS) is 10.8. The first kappa shape index (κ1) is 13.2. The molecule has 106 valence electrons. The summed E-state index contributed by atoms with van der Waals surface area (Å²) in [7, 11) is 0. The first-order chi connectivity index (χ1) is 10.0. The Morgan fingerprint density at radius 2 is 1.81 bits per heavy atom. The number of nitrogen functional groups attached to an aromatic ring is 1. The van der Waals surface area contributed by atoms with E-state index in [1.165, 1.54) is 0 Å². The minimum absolute atomic E-state index is 0.169. The molecule has 0 saturated carbocycles. The Labute approximate surface area is 121 Å². The van der Waals surface area contributed by atoms with Crippen molar-refractivity contribution in [3.63, 3.8) is 0 Å². The van der Waals surface area contributed by atoms with Crippen LogP contribution < -0.4 is 16.0 Å². The quantitative estimate of drug-likeness (QED) is 0.708. The molecule has 0 aliphatic rings. The van der Waals surface area contributed by atoms with Gasteiger partial charge in [0.15, 0.2) is 0 Å². The van der Waals surface area contributed by atoms with Crippen LogP contribution in [0.15, 0.2) is 41.2 Å². The SMILES string of the molecule is Cc1cc(C)cc(Oc2nc3ccc(N)cc3c(=O)[nH]2)c1. The highest BCUT2D eigenvalue weighted by molar-refractivity contribution is 5.81. The predicted molar refractivity (Wildman–Crippen MR) is 82.8 cm³/mol. The number of nitrogens with two attached hydrogens (primary N) is 1. The van der Waals surface area contributed by atoms with E-state index in [4.69, 9.17) is 10.5 Å². The van der Waals surface area contributed by atoms with Crippen LogP contribution in [0.2, 0.25) is 0 Å². The van der Waals surface area contributed by atoms with Crippen LogP contribution >= 0.6 is 0 Å². The molecule has 3 N–H and O–H groups in total. The van der Waals surface area contributed by atoms with Crippen LogP contribution in [0.1, 0.15) is 11.1 Å². The second-order valence-electron chi connectivity index (χ2n) is 5.07. The maximum absolute atomic E-state index is 12.0. The highest BCUT2D eigenvalue weighted by Crippen LogP contribution is 2.22. The lowest BCUT2D eigenvalue weighted by Gasteiger charge is -2.07. The Bertz CT molecular complexity index is 864. The topological polar surface area (TPSA) is 81.0 Å². The molecule has 0 fully saturated rings. The zero-order valence-electron chi connectivity index (χ0n) is 11.8. The molecule has 0 aliphatic heterocycles. The molecule has 0 unspecified atom stereocenters. The average molecular weight is 281 g/mol. The molecule has 1 aromatic heterocycles.